The van der Waals surface area contributed by atoms with Gasteiger partial charge in [-0.1, -0.05) is 40.9 Å². The van der Waals surface area contributed by atoms with Crippen LogP contribution in [-0.4, -0.2) is 0 Å². The van der Waals surface area contributed by atoms with Crippen LogP contribution >= 0.6 is 34.8 Å². The number of halogens is 3. The standard InChI is InChI=1S/C16H18Cl3NO/c1-8-7-13(11(4)21-8)10(3)20-9(2)12-5-6-14(17)16(19)15(12)18/h5-7,9-10,20H,1-4H3. The maximum absolute atomic E-state index is 6.28. The number of hydrogen-bond acceptors (Lipinski definition) is 2. The van der Waals surface area contributed by atoms with Gasteiger partial charge in [0.2, 0.25) is 0 Å². The molecule has 0 fully saturated rings. The minimum absolute atomic E-state index is 0.0388. The van der Waals surface area contributed by atoms with Gasteiger partial charge in [-0.15, -0.1) is 0 Å². The van der Waals surface area contributed by atoms with Gasteiger partial charge in [-0.05, 0) is 45.4 Å². The highest BCUT2D eigenvalue weighted by atomic mass is 35.5. The summed E-state index contributed by atoms with van der Waals surface area (Å²) >= 11 is 18.4. The van der Waals surface area contributed by atoms with Crippen molar-refractivity contribution in [3.8, 4) is 0 Å². The Balaban J connectivity index is 2.20. The van der Waals surface area contributed by atoms with Crippen molar-refractivity contribution in [3.63, 3.8) is 0 Å². The average Bonchev–Trinajstić information content (AvgIpc) is 2.75. The lowest BCUT2D eigenvalue weighted by Gasteiger charge is -2.21. The van der Waals surface area contributed by atoms with E-state index in [1.807, 2.05) is 26.8 Å². The average molecular weight is 347 g/mol. The molecule has 2 nitrogen and oxygen atoms in total. The van der Waals surface area contributed by atoms with E-state index in [1.165, 1.54) is 0 Å². The predicted molar refractivity (Wildman–Crippen MR) is 89.6 cm³/mol. The van der Waals surface area contributed by atoms with Gasteiger partial charge in [0.25, 0.3) is 0 Å². The lowest BCUT2D eigenvalue weighted by Crippen LogP contribution is -2.23. The highest BCUT2D eigenvalue weighted by Gasteiger charge is 2.19. The molecule has 1 aromatic carbocycles. The Labute approximate surface area is 140 Å². The smallest absolute Gasteiger partial charge is 0.105 e. The minimum atomic E-state index is 0.0388. The maximum Gasteiger partial charge on any atom is 0.105 e. The molecule has 0 amide bonds. The summed E-state index contributed by atoms with van der Waals surface area (Å²) in [7, 11) is 0. The van der Waals surface area contributed by atoms with E-state index in [2.05, 4.69) is 18.3 Å². The Morgan fingerprint density at radius 3 is 2.14 bits per heavy atom. The highest BCUT2D eigenvalue weighted by Crippen LogP contribution is 2.36. The van der Waals surface area contributed by atoms with Crippen LogP contribution in [0.3, 0.4) is 0 Å². The molecule has 1 heterocycles. The molecule has 1 aromatic heterocycles. The lowest BCUT2D eigenvalue weighted by atomic mass is 10.0. The molecule has 114 valence electrons. The Morgan fingerprint density at radius 2 is 1.57 bits per heavy atom. The molecule has 5 heteroatoms. The zero-order chi connectivity index (χ0) is 15.7. The summed E-state index contributed by atoms with van der Waals surface area (Å²) < 4.78 is 5.58. The third kappa shape index (κ3) is 3.57. The summed E-state index contributed by atoms with van der Waals surface area (Å²) in [5.41, 5.74) is 2.08. The van der Waals surface area contributed by atoms with Crippen molar-refractivity contribution in [2.45, 2.75) is 39.8 Å². The van der Waals surface area contributed by atoms with Gasteiger partial charge < -0.3 is 9.73 Å². The molecular weight excluding hydrogens is 329 g/mol. The second-order valence-corrected chi connectivity index (χ2v) is 6.41. The quantitative estimate of drug-likeness (QED) is 0.660. The zero-order valence-electron chi connectivity index (χ0n) is 12.4. The van der Waals surface area contributed by atoms with Crippen LogP contribution in [0.4, 0.5) is 0 Å². The second-order valence-electron chi connectivity index (χ2n) is 5.24. The summed E-state index contributed by atoms with van der Waals surface area (Å²) in [5.74, 6) is 1.84. The first-order chi connectivity index (χ1) is 9.81. The highest BCUT2D eigenvalue weighted by molar-refractivity contribution is 6.48. The normalized spacial score (nSPS) is 14.2. The number of furan rings is 1. The molecule has 21 heavy (non-hydrogen) atoms. The number of benzene rings is 1. The van der Waals surface area contributed by atoms with Gasteiger partial charge in [-0.25, -0.2) is 0 Å². The zero-order valence-corrected chi connectivity index (χ0v) is 14.7. The van der Waals surface area contributed by atoms with Crippen LogP contribution in [0, 0.1) is 13.8 Å². The molecular formula is C16H18Cl3NO. The van der Waals surface area contributed by atoms with Gasteiger partial charge in [-0.2, -0.15) is 0 Å². The number of rotatable bonds is 4. The topological polar surface area (TPSA) is 25.2 Å². The van der Waals surface area contributed by atoms with E-state index < -0.39 is 0 Å². The summed E-state index contributed by atoms with van der Waals surface area (Å²) in [4.78, 5) is 0. The summed E-state index contributed by atoms with van der Waals surface area (Å²) in [5, 5.41) is 4.87. The molecule has 0 spiro atoms. The van der Waals surface area contributed by atoms with Crippen LogP contribution < -0.4 is 5.32 Å². The van der Waals surface area contributed by atoms with Crippen LogP contribution in [0.1, 0.15) is 48.6 Å². The largest absolute Gasteiger partial charge is 0.466 e. The van der Waals surface area contributed by atoms with Gasteiger partial charge in [-0.3, -0.25) is 0 Å². The first-order valence-corrected chi connectivity index (χ1v) is 7.91. The first-order valence-electron chi connectivity index (χ1n) is 6.77. The van der Waals surface area contributed by atoms with E-state index in [-0.39, 0.29) is 12.1 Å². The van der Waals surface area contributed by atoms with Gasteiger partial charge >= 0.3 is 0 Å². The SMILES string of the molecule is Cc1cc(C(C)NC(C)c2ccc(Cl)c(Cl)c2Cl)c(C)o1. The second kappa shape index (κ2) is 6.62. The van der Waals surface area contributed by atoms with E-state index >= 15 is 0 Å². The summed E-state index contributed by atoms with van der Waals surface area (Å²) in [6, 6.07) is 5.89. The monoisotopic (exact) mass is 345 g/mol. The van der Waals surface area contributed by atoms with Crippen molar-refractivity contribution in [2.24, 2.45) is 0 Å². The van der Waals surface area contributed by atoms with Gasteiger partial charge in [0.05, 0.1) is 15.1 Å². The van der Waals surface area contributed by atoms with Crippen molar-refractivity contribution in [1.29, 1.82) is 0 Å². The van der Waals surface area contributed by atoms with Crippen molar-refractivity contribution in [2.75, 3.05) is 0 Å². The molecule has 0 saturated heterocycles. The molecule has 0 aliphatic heterocycles. The molecule has 2 atom stereocenters. The third-order valence-corrected chi connectivity index (χ3v) is 4.89. The molecule has 0 aliphatic rings. The number of nitrogens with one attached hydrogen (secondary N) is 1. The Kier molecular flexibility index (Phi) is 5.26. The maximum atomic E-state index is 6.28. The van der Waals surface area contributed by atoms with Crippen molar-refractivity contribution >= 4 is 34.8 Å². The molecule has 0 aliphatic carbocycles. The molecule has 2 rings (SSSR count). The first kappa shape index (κ1) is 16.7. The molecule has 0 bridgehead atoms. The van der Waals surface area contributed by atoms with Crippen LogP contribution in [0.15, 0.2) is 22.6 Å². The summed E-state index contributed by atoms with van der Waals surface area (Å²) in [6.07, 6.45) is 0. The lowest BCUT2D eigenvalue weighted by molar-refractivity contribution is 0.469. The van der Waals surface area contributed by atoms with Crippen LogP contribution in [-0.2, 0) is 0 Å². The van der Waals surface area contributed by atoms with Crippen molar-refractivity contribution in [3.05, 3.63) is 55.9 Å². The van der Waals surface area contributed by atoms with Crippen molar-refractivity contribution < 1.29 is 4.42 Å². The fourth-order valence-corrected chi connectivity index (χ4v) is 3.22. The van der Waals surface area contributed by atoms with Crippen LogP contribution in [0.2, 0.25) is 15.1 Å². The summed E-state index contributed by atoms with van der Waals surface area (Å²) in [6.45, 7) is 8.06. The van der Waals surface area contributed by atoms with Crippen molar-refractivity contribution in [1.82, 2.24) is 5.32 Å². The van der Waals surface area contributed by atoms with E-state index in [4.69, 9.17) is 39.2 Å². The Bertz CT molecular complexity index is 651. The Morgan fingerprint density at radius 1 is 0.952 bits per heavy atom. The van der Waals surface area contributed by atoms with E-state index in [1.54, 1.807) is 6.07 Å². The molecule has 1 N–H and O–H groups in total. The fourth-order valence-electron chi connectivity index (χ4n) is 2.51. The molecule has 2 unspecified atom stereocenters. The molecule has 0 radical (unpaired) electrons. The van der Waals surface area contributed by atoms with E-state index in [9.17, 15) is 0 Å². The van der Waals surface area contributed by atoms with E-state index in [0.29, 0.717) is 15.1 Å². The predicted octanol–water partition coefficient (Wildman–Crippen LogP) is 6.27. The fraction of sp³-hybridized carbons (Fsp3) is 0.375. The van der Waals surface area contributed by atoms with Gasteiger partial charge in [0, 0.05) is 17.6 Å². The van der Waals surface area contributed by atoms with Gasteiger partial charge in [0.15, 0.2) is 0 Å². The van der Waals surface area contributed by atoms with Crippen LogP contribution in [0.25, 0.3) is 0 Å². The van der Waals surface area contributed by atoms with Crippen LogP contribution in [0.5, 0.6) is 0 Å². The Hall–Kier alpha value is -0.670. The number of aryl methyl sites for hydroxylation is 2. The third-order valence-electron chi connectivity index (χ3n) is 3.58. The van der Waals surface area contributed by atoms with Gasteiger partial charge in [0.1, 0.15) is 11.5 Å². The van der Waals surface area contributed by atoms with E-state index in [0.717, 1.165) is 22.6 Å². The molecule has 2 aromatic rings. The number of hydrogen-bond donors (Lipinski definition) is 1. The minimum Gasteiger partial charge on any atom is -0.466 e. The molecule has 0 saturated carbocycles.